The van der Waals surface area contributed by atoms with Crippen molar-refractivity contribution in [3.05, 3.63) is 59.7 Å². The van der Waals surface area contributed by atoms with Crippen molar-refractivity contribution in [1.82, 2.24) is 5.01 Å². The molecule has 0 aliphatic carbocycles. The van der Waals surface area contributed by atoms with Gasteiger partial charge in [0.2, 0.25) is 5.91 Å². The van der Waals surface area contributed by atoms with Crippen LogP contribution >= 0.6 is 0 Å². The topological polar surface area (TPSA) is 88.4 Å². The van der Waals surface area contributed by atoms with E-state index in [0.29, 0.717) is 12.2 Å². The number of methoxy groups -OCH3 is 2. The molecule has 1 aliphatic heterocycles. The third-order valence-corrected chi connectivity index (χ3v) is 4.87. The number of carbonyl (C=O) groups is 2. The first kappa shape index (κ1) is 20.4. The normalized spacial score (nSPS) is 15.7. The lowest BCUT2D eigenvalue weighted by Gasteiger charge is -2.23. The van der Waals surface area contributed by atoms with Gasteiger partial charge < -0.3 is 14.6 Å². The highest BCUT2D eigenvalue weighted by atomic mass is 16.5. The highest BCUT2D eigenvalue weighted by molar-refractivity contribution is 6.03. The Balaban J connectivity index is 1.89. The lowest BCUT2D eigenvalue weighted by atomic mass is 9.97. The van der Waals surface area contributed by atoms with Crippen molar-refractivity contribution in [2.45, 2.75) is 31.7 Å². The number of nitrogens with zero attached hydrogens (tertiary/aromatic N) is 2. The molecule has 152 valence electrons. The van der Waals surface area contributed by atoms with Crippen molar-refractivity contribution in [2.75, 3.05) is 14.2 Å². The number of hydrogen-bond donors (Lipinski definition) is 1. The molecule has 29 heavy (non-hydrogen) atoms. The van der Waals surface area contributed by atoms with Crippen LogP contribution in [0.25, 0.3) is 0 Å². The molecule has 0 spiro atoms. The Morgan fingerprint density at radius 1 is 1.07 bits per heavy atom. The first-order valence-electron chi connectivity index (χ1n) is 9.42. The maximum absolute atomic E-state index is 12.9. The largest absolute Gasteiger partial charge is 0.497 e. The van der Waals surface area contributed by atoms with Gasteiger partial charge >= 0.3 is 5.97 Å². The summed E-state index contributed by atoms with van der Waals surface area (Å²) in [5.74, 6) is 0.316. The number of carbonyl (C=O) groups excluding carboxylic acids is 1. The molecule has 1 heterocycles. The average molecular weight is 396 g/mol. The molecular weight excluding hydrogens is 372 g/mol. The number of carboxylic acid groups (broad SMARTS) is 1. The Kier molecular flexibility index (Phi) is 6.49. The molecule has 0 saturated heterocycles. The molecule has 0 bridgehead atoms. The molecule has 1 N–H and O–H groups in total. The summed E-state index contributed by atoms with van der Waals surface area (Å²) in [7, 11) is 3.20. The van der Waals surface area contributed by atoms with Crippen LogP contribution in [0.3, 0.4) is 0 Å². The minimum atomic E-state index is -0.914. The highest BCUT2D eigenvalue weighted by Crippen LogP contribution is 2.38. The molecule has 0 fully saturated rings. The monoisotopic (exact) mass is 396 g/mol. The predicted octanol–water partition coefficient (Wildman–Crippen LogP) is 3.64. The molecule has 1 aliphatic rings. The smallest absolute Gasteiger partial charge is 0.303 e. The average Bonchev–Trinajstić information content (AvgIpc) is 3.18. The van der Waals surface area contributed by atoms with Crippen LogP contribution in [-0.2, 0) is 9.59 Å². The molecule has 7 heteroatoms. The lowest BCUT2D eigenvalue weighted by molar-refractivity contribution is -0.137. The number of para-hydroxylation sites is 1. The van der Waals surface area contributed by atoms with Crippen LogP contribution in [0.5, 0.6) is 11.5 Å². The fourth-order valence-electron chi connectivity index (χ4n) is 3.39. The zero-order valence-electron chi connectivity index (χ0n) is 16.5. The van der Waals surface area contributed by atoms with Crippen LogP contribution < -0.4 is 9.47 Å². The molecule has 2 aromatic carbocycles. The van der Waals surface area contributed by atoms with E-state index in [9.17, 15) is 9.59 Å². The molecule has 0 aromatic heterocycles. The molecule has 1 atom stereocenters. The second-order valence-electron chi connectivity index (χ2n) is 6.72. The van der Waals surface area contributed by atoms with Gasteiger partial charge in [0.05, 0.1) is 26.0 Å². The van der Waals surface area contributed by atoms with Crippen molar-refractivity contribution >= 4 is 17.6 Å². The van der Waals surface area contributed by atoms with Gasteiger partial charge in [-0.3, -0.25) is 9.59 Å². The van der Waals surface area contributed by atoms with Crippen molar-refractivity contribution in [2.24, 2.45) is 5.10 Å². The van der Waals surface area contributed by atoms with E-state index in [4.69, 9.17) is 14.6 Å². The van der Waals surface area contributed by atoms with Gasteiger partial charge in [-0.1, -0.05) is 18.2 Å². The SMILES string of the molecule is COc1ccc(C2=NN(C(=O)CCCC(=O)O)[C@@H](c3ccccc3OC)C2)cc1. The highest BCUT2D eigenvalue weighted by Gasteiger charge is 2.34. The third-order valence-electron chi connectivity index (χ3n) is 4.87. The Morgan fingerprint density at radius 3 is 2.45 bits per heavy atom. The molecule has 0 radical (unpaired) electrons. The van der Waals surface area contributed by atoms with E-state index < -0.39 is 5.97 Å². The predicted molar refractivity (Wildman–Crippen MR) is 108 cm³/mol. The minimum absolute atomic E-state index is 0.0477. The van der Waals surface area contributed by atoms with E-state index in [0.717, 1.165) is 22.6 Å². The summed E-state index contributed by atoms with van der Waals surface area (Å²) in [6.45, 7) is 0. The number of benzene rings is 2. The molecule has 2 aromatic rings. The summed E-state index contributed by atoms with van der Waals surface area (Å²) in [5.41, 5.74) is 2.57. The van der Waals surface area contributed by atoms with Crippen molar-refractivity contribution in [3.63, 3.8) is 0 Å². The van der Waals surface area contributed by atoms with Gasteiger partial charge in [-0.05, 0) is 42.3 Å². The fourth-order valence-corrected chi connectivity index (χ4v) is 3.39. The third kappa shape index (κ3) is 4.74. The van der Waals surface area contributed by atoms with Crippen molar-refractivity contribution in [1.29, 1.82) is 0 Å². The summed E-state index contributed by atoms with van der Waals surface area (Å²) >= 11 is 0. The van der Waals surface area contributed by atoms with Crippen LogP contribution in [0.2, 0.25) is 0 Å². The van der Waals surface area contributed by atoms with Crippen LogP contribution in [0, 0.1) is 0 Å². The molecule has 7 nitrogen and oxygen atoms in total. The van der Waals surface area contributed by atoms with Gasteiger partial charge in [0.1, 0.15) is 11.5 Å². The Morgan fingerprint density at radius 2 is 1.79 bits per heavy atom. The summed E-state index contributed by atoms with van der Waals surface area (Å²) < 4.78 is 10.7. The van der Waals surface area contributed by atoms with Gasteiger partial charge in [-0.15, -0.1) is 0 Å². The van der Waals surface area contributed by atoms with Gasteiger partial charge in [0, 0.05) is 24.8 Å². The molecule has 1 amide bonds. The second-order valence-corrected chi connectivity index (χ2v) is 6.72. The summed E-state index contributed by atoms with van der Waals surface area (Å²) in [5, 5.41) is 14.9. The minimum Gasteiger partial charge on any atom is -0.497 e. The van der Waals surface area contributed by atoms with Crippen molar-refractivity contribution in [3.8, 4) is 11.5 Å². The Labute approximate surface area is 169 Å². The van der Waals surface area contributed by atoms with Gasteiger partial charge in [0.15, 0.2) is 0 Å². The Bertz CT molecular complexity index is 908. The van der Waals surface area contributed by atoms with E-state index >= 15 is 0 Å². The maximum atomic E-state index is 12.9. The first-order valence-corrected chi connectivity index (χ1v) is 9.42. The number of ether oxygens (including phenoxy) is 2. The standard InChI is InChI=1S/C22H24N2O5/c1-28-16-12-10-15(11-13-16)18-14-19(17-6-3-4-7-20(17)29-2)24(23-18)21(25)8-5-9-22(26)27/h3-4,6-7,10-13,19H,5,8-9,14H2,1-2H3,(H,26,27)/t19-/m1/s1. The number of carboxylic acids is 1. The zero-order chi connectivity index (χ0) is 20.8. The van der Waals surface area contributed by atoms with Gasteiger partial charge in [0.25, 0.3) is 0 Å². The second kappa shape index (κ2) is 9.23. The number of aliphatic carboxylic acids is 1. The first-order chi connectivity index (χ1) is 14.0. The molecular formula is C22H24N2O5. The van der Waals surface area contributed by atoms with E-state index in [1.807, 2.05) is 48.5 Å². The number of hydrogen-bond acceptors (Lipinski definition) is 5. The van der Waals surface area contributed by atoms with Crippen LogP contribution in [0.1, 0.15) is 42.9 Å². The fraction of sp³-hybridized carbons (Fsp3) is 0.318. The van der Waals surface area contributed by atoms with Crippen LogP contribution in [0.15, 0.2) is 53.6 Å². The van der Waals surface area contributed by atoms with Gasteiger partial charge in [-0.2, -0.15) is 5.10 Å². The van der Waals surface area contributed by atoms with E-state index in [1.165, 1.54) is 5.01 Å². The summed E-state index contributed by atoms with van der Waals surface area (Å²) in [6, 6.07) is 14.8. The van der Waals surface area contributed by atoms with Crippen molar-refractivity contribution < 1.29 is 24.2 Å². The van der Waals surface area contributed by atoms with Gasteiger partial charge in [-0.25, -0.2) is 5.01 Å². The lowest BCUT2D eigenvalue weighted by Crippen LogP contribution is -2.27. The summed E-state index contributed by atoms with van der Waals surface area (Å²) in [6.07, 6.45) is 0.888. The maximum Gasteiger partial charge on any atom is 0.303 e. The van der Waals surface area contributed by atoms with E-state index in [1.54, 1.807) is 14.2 Å². The van der Waals surface area contributed by atoms with E-state index in [-0.39, 0.29) is 31.2 Å². The Hall–Kier alpha value is -3.35. The zero-order valence-corrected chi connectivity index (χ0v) is 16.5. The van der Waals surface area contributed by atoms with Crippen LogP contribution in [-0.4, -0.2) is 41.9 Å². The van der Waals surface area contributed by atoms with Crippen LogP contribution in [0.4, 0.5) is 0 Å². The quantitative estimate of drug-likeness (QED) is 0.736. The summed E-state index contributed by atoms with van der Waals surface area (Å²) in [4.78, 5) is 23.6. The van der Waals surface area contributed by atoms with E-state index in [2.05, 4.69) is 5.10 Å². The molecule has 3 rings (SSSR count). The molecule has 0 unspecified atom stereocenters. The number of rotatable bonds is 8. The number of hydrazone groups is 1. The molecule has 0 saturated carbocycles. The number of amides is 1.